The van der Waals surface area contributed by atoms with Crippen molar-refractivity contribution in [3.63, 3.8) is 0 Å². The van der Waals surface area contributed by atoms with Gasteiger partial charge in [-0.3, -0.25) is 0 Å². The van der Waals surface area contributed by atoms with Crippen molar-refractivity contribution in [1.82, 2.24) is 10.1 Å². The van der Waals surface area contributed by atoms with Gasteiger partial charge in [-0.05, 0) is 6.42 Å². The van der Waals surface area contributed by atoms with E-state index in [9.17, 15) is 8.78 Å². The molecular weight excluding hydrogens is 194 g/mol. The number of halogens is 2. The summed E-state index contributed by atoms with van der Waals surface area (Å²) in [6.45, 7) is 1.95. The molecule has 1 unspecified atom stereocenters. The number of alkyl halides is 2. The molecule has 1 N–H and O–H groups in total. The van der Waals surface area contributed by atoms with E-state index in [1.165, 1.54) is 0 Å². The zero-order valence-electron chi connectivity index (χ0n) is 7.78. The first-order valence-electron chi connectivity index (χ1n) is 4.41. The van der Waals surface area contributed by atoms with Gasteiger partial charge in [-0.25, -0.2) is 8.78 Å². The van der Waals surface area contributed by atoms with Crippen molar-refractivity contribution < 1.29 is 18.4 Å². The maximum absolute atomic E-state index is 11.9. The first-order valence-corrected chi connectivity index (χ1v) is 4.41. The number of aliphatic hydroxyl groups excluding tert-OH is 1. The Balaban J connectivity index is 2.50. The van der Waals surface area contributed by atoms with E-state index in [1.54, 1.807) is 0 Å². The fourth-order valence-corrected chi connectivity index (χ4v) is 0.966. The molecule has 0 fully saturated rings. The molecule has 0 bridgehead atoms. The highest BCUT2D eigenvalue weighted by Gasteiger charge is 2.20. The Morgan fingerprint density at radius 2 is 2.21 bits per heavy atom. The second-order valence-electron chi connectivity index (χ2n) is 2.96. The molecule has 1 atom stereocenters. The van der Waals surface area contributed by atoms with Crippen molar-refractivity contribution >= 4 is 0 Å². The molecule has 0 saturated heterocycles. The average Bonchev–Trinajstić information content (AvgIpc) is 2.53. The lowest BCUT2D eigenvalue weighted by molar-refractivity contribution is -0.00754. The van der Waals surface area contributed by atoms with Gasteiger partial charge in [0.15, 0.2) is 5.82 Å². The minimum absolute atomic E-state index is 0.0567. The van der Waals surface area contributed by atoms with Gasteiger partial charge in [-0.2, -0.15) is 4.98 Å². The van der Waals surface area contributed by atoms with Crippen LogP contribution in [0.5, 0.6) is 0 Å². The smallest absolute Gasteiger partial charge is 0.264 e. The van der Waals surface area contributed by atoms with Crippen LogP contribution in [0.15, 0.2) is 4.52 Å². The van der Waals surface area contributed by atoms with Crippen LogP contribution in [0.4, 0.5) is 8.78 Å². The summed E-state index contributed by atoms with van der Waals surface area (Å²) >= 11 is 0. The summed E-state index contributed by atoms with van der Waals surface area (Å²) in [7, 11) is 0. The number of aryl methyl sites for hydroxylation is 1. The van der Waals surface area contributed by atoms with Gasteiger partial charge in [0.1, 0.15) is 6.10 Å². The lowest BCUT2D eigenvalue weighted by Crippen LogP contribution is -2.20. The molecule has 1 heterocycles. The van der Waals surface area contributed by atoms with Crippen molar-refractivity contribution in [2.45, 2.75) is 38.7 Å². The Morgan fingerprint density at radius 1 is 1.50 bits per heavy atom. The van der Waals surface area contributed by atoms with Crippen molar-refractivity contribution in [3.8, 4) is 0 Å². The van der Waals surface area contributed by atoms with Gasteiger partial charge >= 0.3 is 0 Å². The lowest BCUT2D eigenvalue weighted by Gasteiger charge is -2.04. The first-order chi connectivity index (χ1) is 6.63. The van der Waals surface area contributed by atoms with Crippen LogP contribution < -0.4 is 0 Å². The second kappa shape index (κ2) is 4.99. The van der Waals surface area contributed by atoms with Crippen LogP contribution in [-0.4, -0.2) is 27.8 Å². The summed E-state index contributed by atoms with van der Waals surface area (Å²) in [6.07, 6.45) is -3.31. The Bertz CT molecular complexity index is 278. The molecule has 0 aliphatic heterocycles. The van der Waals surface area contributed by atoms with E-state index in [0.717, 1.165) is 6.42 Å². The Kier molecular flexibility index (Phi) is 3.94. The van der Waals surface area contributed by atoms with E-state index >= 15 is 0 Å². The standard InChI is InChI=1S/C8H12F2N2O2/c1-2-3-6-11-7(14-12-6)4-5(13)8(9)10/h5,8,13H,2-4H2,1H3. The molecule has 80 valence electrons. The third-order valence-electron chi connectivity index (χ3n) is 1.66. The van der Waals surface area contributed by atoms with Crippen LogP contribution in [0, 0.1) is 0 Å². The molecule has 0 saturated carbocycles. The summed E-state index contributed by atoms with van der Waals surface area (Å²) < 4.78 is 28.5. The minimum Gasteiger partial charge on any atom is -0.387 e. The summed E-state index contributed by atoms with van der Waals surface area (Å²) in [5.41, 5.74) is 0. The molecule has 1 rings (SSSR count). The van der Waals surface area contributed by atoms with E-state index in [4.69, 9.17) is 5.11 Å². The van der Waals surface area contributed by atoms with Crippen molar-refractivity contribution in [1.29, 1.82) is 0 Å². The molecule has 0 aliphatic carbocycles. The molecule has 1 aromatic heterocycles. The largest absolute Gasteiger partial charge is 0.387 e. The van der Waals surface area contributed by atoms with E-state index < -0.39 is 12.5 Å². The van der Waals surface area contributed by atoms with E-state index in [-0.39, 0.29) is 12.3 Å². The maximum atomic E-state index is 11.9. The van der Waals surface area contributed by atoms with Gasteiger partial charge in [0, 0.05) is 6.42 Å². The van der Waals surface area contributed by atoms with Crippen LogP contribution in [0.2, 0.25) is 0 Å². The molecule has 0 radical (unpaired) electrons. The lowest BCUT2D eigenvalue weighted by atomic mass is 10.2. The summed E-state index contributed by atoms with van der Waals surface area (Å²) in [4.78, 5) is 3.85. The number of nitrogens with zero attached hydrogens (tertiary/aromatic N) is 2. The van der Waals surface area contributed by atoms with Gasteiger partial charge in [-0.15, -0.1) is 0 Å². The van der Waals surface area contributed by atoms with Crippen LogP contribution in [0.3, 0.4) is 0 Å². The van der Waals surface area contributed by atoms with Gasteiger partial charge in [0.25, 0.3) is 6.43 Å². The highest BCUT2D eigenvalue weighted by atomic mass is 19.3. The number of aromatic nitrogens is 2. The van der Waals surface area contributed by atoms with Gasteiger partial charge in [0.2, 0.25) is 5.89 Å². The summed E-state index contributed by atoms with van der Waals surface area (Å²) in [6, 6.07) is 0. The topological polar surface area (TPSA) is 59.2 Å². The highest BCUT2D eigenvalue weighted by molar-refractivity contribution is 4.88. The SMILES string of the molecule is CCCc1noc(CC(O)C(F)F)n1. The predicted molar refractivity (Wildman–Crippen MR) is 44.0 cm³/mol. The quantitative estimate of drug-likeness (QED) is 0.786. The number of aliphatic hydroxyl groups is 1. The number of hydrogen-bond donors (Lipinski definition) is 1. The fourth-order valence-electron chi connectivity index (χ4n) is 0.966. The number of rotatable bonds is 5. The fraction of sp³-hybridized carbons (Fsp3) is 0.750. The first kappa shape index (κ1) is 11.0. The van der Waals surface area contributed by atoms with Gasteiger partial charge in [0.05, 0.1) is 6.42 Å². The molecule has 0 aromatic carbocycles. The molecule has 0 spiro atoms. The van der Waals surface area contributed by atoms with Crippen molar-refractivity contribution in [3.05, 3.63) is 11.7 Å². The monoisotopic (exact) mass is 206 g/mol. The second-order valence-corrected chi connectivity index (χ2v) is 2.96. The number of hydrogen-bond acceptors (Lipinski definition) is 4. The summed E-state index contributed by atoms with van der Waals surface area (Å²) in [5.74, 6) is 0.546. The van der Waals surface area contributed by atoms with E-state index in [2.05, 4.69) is 14.7 Å². The molecular formula is C8H12F2N2O2. The van der Waals surface area contributed by atoms with Crippen LogP contribution >= 0.6 is 0 Å². The molecule has 4 nitrogen and oxygen atoms in total. The normalized spacial score (nSPS) is 13.5. The molecule has 0 aliphatic rings. The molecule has 6 heteroatoms. The maximum Gasteiger partial charge on any atom is 0.264 e. The van der Waals surface area contributed by atoms with Crippen molar-refractivity contribution in [2.24, 2.45) is 0 Å². The van der Waals surface area contributed by atoms with Crippen molar-refractivity contribution in [2.75, 3.05) is 0 Å². The van der Waals surface area contributed by atoms with Crippen LogP contribution in [-0.2, 0) is 12.8 Å². The molecule has 14 heavy (non-hydrogen) atoms. The Hall–Kier alpha value is -1.04. The van der Waals surface area contributed by atoms with Gasteiger partial charge < -0.3 is 9.63 Å². The molecule has 1 aromatic rings. The zero-order chi connectivity index (χ0) is 10.6. The average molecular weight is 206 g/mol. The highest BCUT2D eigenvalue weighted by Crippen LogP contribution is 2.08. The Labute approximate surface area is 79.9 Å². The predicted octanol–water partition coefficient (Wildman–Crippen LogP) is 1.19. The third kappa shape index (κ3) is 3.02. The van der Waals surface area contributed by atoms with E-state index in [0.29, 0.717) is 12.2 Å². The minimum atomic E-state index is -2.78. The van der Waals surface area contributed by atoms with E-state index in [1.807, 2.05) is 6.92 Å². The third-order valence-corrected chi connectivity index (χ3v) is 1.66. The van der Waals surface area contributed by atoms with Gasteiger partial charge in [-0.1, -0.05) is 12.1 Å². The van der Waals surface area contributed by atoms with Crippen LogP contribution in [0.1, 0.15) is 25.1 Å². The molecule has 0 amide bonds. The Morgan fingerprint density at radius 3 is 2.79 bits per heavy atom. The zero-order valence-corrected chi connectivity index (χ0v) is 7.78. The van der Waals surface area contributed by atoms with Crippen LogP contribution in [0.25, 0.3) is 0 Å². The summed E-state index contributed by atoms with van der Waals surface area (Å²) in [5, 5.41) is 12.4.